The SMILES string of the molecule is N#Cc1ccc(-c2nc3ccccc3c(=O)n2-c2ccc(Cl)cc2)cc1. The van der Waals surface area contributed by atoms with Crippen LogP contribution in [0.1, 0.15) is 5.56 Å². The Labute approximate surface area is 154 Å². The molecule has 0 amide bonds. The van der Waals surface area contributed by atoms with Gasteiger partial charge >= 0.3 is 0 Å². The number of aromatic nitrogens is 2. The van der Waals surface area contributed by atoms with Crippen molar-refractivity contribution in [3.8, 4) is 23.1 Å². The molecule has 0 aliphatic carbocycles. The number of halogens is 1. The highest BCUT2D eigenvalue weighted by Crippen LogP contribution is 2.23. The van der Waals surface area contributed by atoms with Crippen LogP contribution in [0.3, 0.4) is 0 Å². The van der Waals surface area contributed by atoms with Crippen LogP contribution in [0.4, 0.5) is 0 Å². The quantitative estimate of drug-likeness (QED) is 0.527. The van der Waals surface area contributed by atoms with Crippen molar-refractivity contribution < 1.29 is 0 Å². The van der Waals surface area contributed by atoms with Crippen molar-refractivity contribution in [2.75, 3.05) is 0 Å². The van der Waals surface area contributed by atoms with E-state index in [1.807, 2.05) is 18.2 Å². The molecule has 0 aliphatic rings. The smallest absolute Gasteiger partial charge is 0.266 e. The van der Waals surface area contributed by atoms with E-state index in [4.69, 9.17) is 21.8 Å². The predicted molar refractivity (Wildman–Crippen MR) is 103 cm³/mol. The first kappa shape index (κ1) is 16.1. The van der Waals surface area contributed by atoms with Crippen molar-refractivity contribution in [1.82, 2.24) is 9.55 Å². The number of hydrogen-bond acceptors (Lipinski definition) is 3. The van der Waals surface area contributed by atoms with Crippen LogP contribution in [-0.4, -0.2) is 9.55 Å². The molecule has 0 radical (unpaired) electrons. The molecule has 1 heterocycles. The number of nitrogens with zero attached hydrogens (tertiary/aromatic N) is 3. The van der Waals surface area contributed by atoms with Gasteiger partial charge in [0.1, 0.15) is 5.82 Å². The van der Waals surface area contributed by atoms with E-state index in [-0.39, 0.29) is 5.56 Å². The zero-order chi connectivity index (χ0) is 18.1. The van der Waals surface area contributed by atoms with Crippen molar-refractivity contribution in [3.63, 3.8) is 0 Å². The van der Waals surface area contributed by atoms with E-state index in [0.29, 0.717) is 33.0 Å². The summed E-state index contributed by atoms with van der Waals surface area (Å²) in [6.45, 7) is 0. The Morgan fingerprint density at radius 3 is 2.31 bits per heavy atom. The molecular formula is C21H12ClN3O. The first-order chi connectivity index (χ1) is 12.7. The molecule has 4 rings (SSSR count). The molecule has 3 aromatic carbocycles. The van der Waals surface area contributed by atoms with Crippen LogP contribution in [0, 0.1) is 11.3 Å². The van der Waals surface area contributed by atoms with Gasteiger partial charge in [-0.05, 0) is 60.7 Å². The Kier molecular flexibility index (Phi) is 4.00. The minimum absolute atomic E-state index is 0.155. The van der Waals surface area contributed by atoms with Crippen molar-refractivity contribution in [2.24, 2.45) is 0 Å². The first-order valence-electron chi connectivity index (χ1n) is 7.95. The van der Waals surface area contributed by atoms with Crippen LogP contribution in [0.5, 0.6) is 0 Å². The van der Waals surface area contributed by atoms with Gasteiger partial charge in [-0.3, -0.25) is 9.36 Å². The highest BCUT2D eigenvalue weighted by Gasteiger charge is 2.14. The van der Waals surface area contributed by atoms with Gasteiger partial charge in [-0.1, -0.05) is 23.7 Å². The second kappa shape index (κ2) is 6.47. The maximum absolute atomic E-state index is 13.2. The number of para-hydroxylation sites is 1. The van der Waals surface area contributed by atoms with Gasteiger partial charge in [0, 0.05) is 10.6 Å². The predicted octanol–water partition coefficient (Wildman–Crippen LogP) is 4.58. The van der Waals surface area contributed by atoms with E-state index in [1.54, 1.807) is 59.2 Å². The summed E-state index contributed by atoms with van der Waals surface area (Å²) in [5.74, 6) is 0.514. The highest BCUT2D eigenvalue weighted by molar-refractivity contribution is 6.30. The molecule has 0 bridgehead atoms. The third kappa shape index (κ3) is 2.75. The number of hydrogen-bond donors (Lipinski definition) is 0. The van der Waals surface area contributed by atoms with Crippen LogP contribution in [0.25, 0.3) is 28.0 Å². The molecule has 0 unspecified atom stereocenters. The van der Waals surface area contributed by atoms with E-state index < -0.39 is 0 Å². The average molecular weight is 358 g/mol. The number of rotatable bonds is 2. The largest absolute Gasteiger partial charge is 0.268 e. The lowest BCUT2D eigenvalue weighted by atomic mass is 10.1. The summed E-state index contributed by atoms with van der Waals surface area (Å²) >= 11 is 5.99. The van der Waals surface area contributed by atoms with Crippen LogP contribution >= 0.6 is 11.6 Å². The fourth-order valence-electron chi connectivity index (χ4n) is 2.85. The highest BCUT2D eigenvalue weighted by atomic mass is 35.5. The van der Waals surface area contributed by atoms with Crippen LogP contribution < -0.4 is 5.56 Å². The Hall–Kier alpha value is -3.42. The maximum atomic E-state index is 13.2. The van der Waals surface area contributed by atoms with Crippen molar-refractivity contribution in [1.29, 1.82) is 5.26 Å². The van der Waals surface area contributed by atoms with Crippen LogP contribution in [-0.2, 0) is 0 Å². The molecular weight excluding hydrogens is 346 g/mol. The monoisotopic (exact) mass is 357 g/mol. The maximum Gasteiger partial charge on any atom is 0.266 e. The molecule has 0 saturated heterocycles. The third-order valence-corrected chi connectivity index (χ3v) is 4.38. The minimum atomic E-state index is -0.155. The lowest BCUT2D eigenvalue weighted by Crippen LogP contribution is -2.21. The third-order valence-electron chi connectivity index (χ3n) is 4.13. The van der Waals surface area contributed by atoms with Gasteiger partial charge in [-0.15, -0.1) is 0 Å². The molecule has 0 N–H and O–H groups in total. The molecule has 0 aliphatic heterocycles. The molecule has 0 atom stereocenters. The summed E-state index contributed by atoms with van der Waals surface area (Å²) in [5, 5.41) is 10.1. The topological polar surface area (TPSA) is 58.7 Å². The lowest BCUT2D eigenvalue weighted by molar-refractivity contribution is 0.976. The summed E-state index contributed by atoms with van der Waals surface area (Å²) in [4.78, 5) is 17.9. The summed E-state index contributed by atoms with van der Waals surface area (Å²) < 4.78 is 1.57. The number of nitriles is 1. The standard InChI is InChI=1S/C21H12ClN3O/c22-16-9-11-17(12-10-16)25-20(15-7-5-14(13-23)6-8-15)24-19-4-2-1-3-18(19)21(25)26/h1-12H. The molecule has 4 nitrogen and oxygen atoms in total. The molecule has 1 aromatic heterocycles. The van der Waals surface area contributed by atoms with E-state index in [9.17, 15) is 4.79 Å². The summed E-state index contributed by atoms with van der Waals surface area (Å²) in [6, 6.07) is 23.4. The van der Waals surface area contributed by atoms with E-state index in [2.05, 4.69) is 6.07 Å². The lowest BCUT2D eigenvalue weighted by Gasteiger charge is -2.14. The van der Waals surface area contributed by atoms with Gasteiger partial charge < -0.3 is 0 Å². The summed E-state index contributed by atoms with van der Waals surface area (Å²) in [6.07, 6.45) is 0. The average Bonchev–Trinajstić information content (AvgIpc) is 2.69. The molecule has 0 saturated carbocycles. The van der Waals surface area contributed by atoms with Crippen LogP contribution in [0.2, 0.25) is 5.02 Å². The zero-order valence-corrected chi connectivity index (χ0v) is 14.3. The second-order valence-electron chi connectivity index (χ2n) is 5.76. The normalized spacial score (nSPS) is 10.6. The molecule has 4 aromatic rings. The molecule has 0 fully saturated rings. The fraction of sp³-hybridized carbons (Fsp3) is 0. The zero-order valence-electron chi connectivity index (χ0n) is 13.6. The van der Waals surface area contributed by atoms with Gasteiger partial charge in [0.15, 0.2) is 0 Å². The van der Waals surface area contributed by atoms with Crippen molar-refractivity contribution in [2.45, 2.75) is 0 Å². The Bertz CT molecular complexity index is 1200. The van der Waals surface area contributed by atoms with Crippen molar-refractivity contribution in [3.05, 3.63) is 93.7 Å². The summed E-state index contributed by atoms with van der Waals surface area (Å²) in [5.41, 5.74) is 2.45. The minimum Gasteiger partial charge on any atom is -0.268 e. The molecule has 0 spiro atoms. The number of fused-ring (bicyclic) bond motifs is 1. The van der Waals surface area contributed by atoms with Gasteiger partial charge in [0.05, 0.1) is 28.2 Å². The van der Waals surface area contributed by atoms with Gasteiger partial charge in [0.2, 0.25) is 0 Å². The fourth-order valence-corrected chi connectivity index (χ4v) is 2.98. The molecule has 26 heavy (non-hydrogen) atoms. The first-order valence-corrected chi connectivity index (χ1v) is 8.33. The van der Waals surface area contributed by atoms with E-state index in [0.717, 1.165) is 5.56 Å². The van der Waals surface area contributed by atoms with Gasteiger partial charge in [0.25, 0.3) is 5.56 Å². The van der Waals surface area contributed by atoms with Gasteiger partial charge in [-0.2, -0.15) is 5.26 Å². The molecule has 124 valence electrons. The molecule has 5 heteroatoms. The van der Waals surface area contributed by atoms with E-state index >= 15 is 0 Å². The van der Waals surface area contributed by atoms with Crippen LogP contribution in [0.15, 0.2) is 77.6 Å². The van der Waals surface area contributed by atoms with Crippen molar-refractivity contribution >= 4 is 22.5 Å². The number of benzene rings is 3. The Balaban J connectivity index is 2.06. The van der Waals surface area contributed by atoms with E-state index in [1.165, 1.54) is 0 Å². The Morgan fingerprint density at radius 2 is 1.62 bits per heavy atom. The summed E-state index contributed by atoms with van der Waals surface area (Å²) in [7, 11) is 0. The second-order valence-corrected chi connectivity index (χ2v) is 6.20. The van der Waals surface area contributed by atoms with Gasteiger partial charge in [-0.25, -0.2) is 4.98 Å². The Morgan fingerprint density at radius 1 is 0.923 bits per heavy atom.